The van der Waals surface area contributed by atoms with Crippen molar-refractivity contribution in [2.24, 2.45) is 0 Å². The number of unbranched alkanes of at least 4 members (excludes halogenated alkanes) is 2. The molecule has 0 bridgehead atoms. The SMILES string of the molecule is Br.Br.Br.Br.C.c1cc2ccc3cccc4c(CCCCNCCCNCCCNCCCNCCCCc5cc6cccc7ccc8cccc5c8c76)cc(c1)c2c34. The Labute approximate surface area is 388 Å². The fraction of sp³-hybridized carbons (Fsp3) is 0.360. The highest BCUT2D eigenvalue weighted by atomic mass is 79.9. The fourth-order valence-corrected chi connectivity index (χ4v) is 8.73. The van der Waals surface area contributed by atoms with Crippen LogP contribution >= 0.6 is 67.9 Å². The van der Waals surface area contributed by atoms with Crippen LogP contribution in [0.25, 0.3) is 64.6 Å². The molecule has 0 saturated carbocycles. The summed E-state index contributed by atoms with van der Waals surface area (Å²) in [5, 5.41) is 31.4. The third kappa shape index (κ3) is 11.9. The van der Waals surface area contributed by atoms with E-state index >= 15 is 0 Å². The van der Waals surface area contributed by atoms with E-state index in [1.54, 1.807) is 0 Å². The molecule has 4 N–H and O–H groups in total. The van der Waals surface area contributed by atoms with Gasteiger partial charge in [0.05, 0.1) is 0 Å². The van der Waals surface area contributed by atoms with Gasteiger partial charge in [-0.25, -0.2) is 0 Å². The van der Waals surface area contributed by atoms with Crippen LogP contribution in [0.1, 0.15) is 63.5 Å². The van der Waals surface area contributed by atoms with E-state index in [1.807, 2.05) is 0 Å². The summed E-state index contributed by atoms with van der Waals surface area (Å²) in [7, 11) is 0. The van der Waals surface area contributed by atoms with Crippen molar-refractivity contribution in [3.63, 3.8) is 0 Å². The van der Waals surface area contributed by atoms with Crippen LogP contribution < -0.4 is 21.3 Å². The van der Waals surface area contributed by atoms with E-state index in [0.29, 0.717) is 0 Å². The molecule has 0 aliphatic carbocycles. The summed E-state index contributed by atoms with van der Waals surface area (Å²) < 4.78 is 0. The van der Waals surface area contributed by atoms with Gasteiger partial charge in [0.1, 0.15) is 0 Å². The quantitative estimate of drug-likeness (QED) is 0.0404. The molecule has 0 saturated heterocycles. The van der Waals surface area contributed by atoms with E-state index in [2.05, 4.69) is 130 Å². The van der Waals surface area contributed by atoms with E-state index < -0.39 is 0 Å². The molecule has 0 amide bonds. The van der Waals surface area contributed by atoms with Crippen molar-refractivity contribution in [1.29, 1.82) is 0 Å². The number of aryl methyl sites for hydroxylation is 2. The first kappa shape index (κ1) is 50.0. The molecule has 8 aromatic carbocycles. The van der Waals surface area contributed by atoms with Crippen LogP contribution in [0.4, 0.5) is 0 Å². The van der Waals surface area contributed by atoms with Gasteiger partial charge in [0, 0.05) is 0 Å². The minimum atomic E-state index is 0. The molecule has 0 heterocycles. The molecule has 0 aliphatic heterocycles. The summed E-state index contributed by atoms with van der Waals surface area (Å²) in [5.74, 6) is 0. The first-order valence-corrected chi connectivity index (χ1v) is 20.5. The van der Waals surface area contributed by atoms with Crippen LogP contribution in [0.3, 0.4) is 0 Å². The normalized spacial score (nSPS) is 11.2. The van der Waals surface area contributed by atoms with Gasteiger partial charge in [-0.2, -0.15) is 0 Å². The van der Waals surface area contributed by atoms with Crippen molar-refractivity contribution in [3.8, 4) is 0 Å². The Morgan fingerprint density at radius 1 is 0.293 bits per heavy atom. The van der Waals surface area contributed by atoms with Crippen molar-refractivity contribution in [2.45, 2.75) is 65.2 Å². The molecule has 4 nitrogen and oxygen atoms in total. The van der Waals surface area contributed by atoms with Gasteiger partial charge in [-0.3, -0.25) is 0 Å². The maximum atomic E-state index is 3.67. The van der Waals surface area contributed by atoms with E-state index in [9.17, 15) is 0 Å². The number of halogens is 4. The molecule has 8 heteroatoms. The predicted octanol–water partition coefficient (Wildman–Crippen LogP) is 13.3. The lowest BCUT2D eigenvalue weighted by Gasteiger charge is -2.14. The summed E-state index contributed by atoms with van der Waals surface area (Å²) in [6.07, 6.45) is 10.7. The van der Waals surface area contributed by atoms with Gasteiger partial charge < -0.3 is 21.3 Å². The molecule has 8 rings (SSSR count). The third-order valence-corrected chi connectivity index (χ3v) is 11.4. The summed E-state index contributed by atoms with van der Waals surface area (Å²) >= 11 is 0. The third-order valence-electron chi connectivity index (χ3n) is 11.4. The van der Waals surface area contributed by atoms with Crippen molar-refractivity contribution in [3.05, 3.63) is 120 Å². The molecule has 0 aliphatic rings. The van der Waals surface area contributed by atoms with Crippen molar-refractivity contribution in [1.82, 2.24) is 21.3 Å². The number of hydrogen-bond donors (Lipinski definition) is 4. The molecule has 312 valence electrons. The number of rotatable bonds is 22. The molecule has 0 unspecified atom stereocenters. The molecule has 0 fully saturated rings. The van der Waals surface area contributed by atoms with Crippen molar-refractivity contribution < 1.29 is 0 Å². The topological polar surface area (TPSA) is 48.1 Å². The zero-order valence-corrected chi connectivity index (χ0v) is 39.9. The standard InChI is InChI=1S/C49H56N4.CH4.4BrH/c1(12-40-34-42-18-5-14-36-22-24-38-16-7-20-44(40)48(38)46(36)42)3-26-50-28-9-30-52-32-11-33-53-31-10-29-51-27-4-2-13-41-35-43-19-6-15-37-23-25-39-17-8-21-45(41)49(39)47(37)43;;;;;/h5-8,14-25,34-35,50-53H,1-4,9-13,26-33H2;1H4;4*1H. The lowest BCUT2D eigenvalue weighted by atomic mass is 9.90. The zero-order chi connectivity index (χ0) is 35.7. The Morgan fingerprint density at radius 3 is 0.948 bits per heavy atom. The molecule has 0 spiro atoms. The maximum absolute atomic E-state index is 3.67. The summed E-state index contributed by atoms with van der Waals surface area (Å²) in [4.78, 5) is 0. The second kappa shape index (κ2) is 25.4. The fourth-order valence-electron chi connectivity index (χ4n) is 8.73. The molecular formula is C50H64Br4N4. The van der Waals surface area contributed by atoms with Gasteiger partial charge in [-0.15, -0.1) is 67.9 Å². The monoisotopic (exact) mass is 1040 g/mol. The Kier molecular flexibility index (Phi) is 21.9. The van der Waals surface area contributed by atoms with Gasteiger partial charge in [-0.05, 0) is 186 Å². The number of hydrogen-bond acceptors (Lipinski definition) is 4. The van der Waals surface area contributed by atoms with Crippen LogP contribution in [-0.2, 0) is 12.8 Å². The number of nitrogens with one attached hydrogen (secondary N) is 4. The lowest BCUT2D eigenvalue weighted by Crippen LogP contribution is -2.27. The van der Waals surface area contributed by atoms with E-state index in [4.69, 9.17) is 0 Å². The summed E-state index contributed by atoms with van der Waals surface area (Å²) in [6.45, 7) is 8.76. The van der Waals surface area contributed by atoms with E-state index in [-0.39, 0.29) is 75.4 Å². The second-order valence-electron chi connectivity index (χ2n) is 15.1. The Balaban J connectivity index is 0.00000180. The zero-order valence-electron chi connectivity index (χ0n) is 33.0. The Morgan fingerprint density at radius 2 is 0.586 bits per heavy atom. The largest absolute Gasteiger partial charge is 0.317 e. The molecule has 0 atom stereocenters. The molecule has 8 aromatic rings. The predicted molar refractivity (Wildman–Crippen MR) is 280 cm³/mol. The highest BCUT2D eigenvalue weighted by Gasteiger charge is 2.13. The Hall–Kier alpha value is -2.40. The minimum absolute atomic E-state index is 0. The van der Waals surface area contributed by atoms with Crippen LogP contribution in [-0.4, -0.2) is 52.4 Å². The van der Waals surface area contributed by atoms with E-state index in [1.165, 1.54) is 121 Å². The highest BCUT2D eigenvalue weighted by Crippen LogP contribution is 2.38. The van der Waals surface area contributed by atoms with Gasteiger partial charge in [-0.1, -0.05) is 117 Å². The summed E-state index contributed by atoms with van der Waals surface area (Å²) in [6, 6.07) is 41.0. The average molecular weight is 1040 g/mol. The molecule has 0 aromatic heterocycles. The van der Waals surface area contributed by atoms with Crippen LogP contribution in [0, 0.1) is 0 Å². The molecule has 0 radical (unpaired) electrons. The van der Waals surface area contributed by atoms with Gasteiger partial charge in [0.15, 0.2) is 0 Å². The van der Waals surface area contributed by atoms with Crippen molar-refractivity contribution in [2.75, 3.05) is 52.4 Å². The van der Waals surface area contributed by atoms with Crippen LogP contribution in [0.5, 0.6) is 0 Å². The Bertz CT molecular complexity index is 2220. The van der Waals surface area contributed by atoms with Crippen LogP contribution in [0.2, 0.25) is 0 Å². The first-order chi connectivity index (χ1) is 26.3. The van der Waals surface area contributed by atoms with Gasteiger partial charge in [0.2, 0.25) is 0 Å². The lowest BCUT2D eigenvalue weighted by molar-refractivity contribution is 0.543. The minimum Gasteiger partial charge on any atom is -0.317 e. The second-order valence-corrected chi connectivity index (χ2v) is 15.1. The highest BCUT2D eigenvalue weighted by molar-refractivity contribution is 8.93. The smallest absolute Gasteiger partial charge is 0.00240 e. The molecule has 58 heavy (non-hydrogen) atoms. The van der Waals surface area contributed by atoms with Gasteiger partial charge >= 0.3 is 0 Å². The first-order valence-electron chi connectivity index (χ1n) is 20.5. The van der Waals surface area contributed by atoms with Crippen LogP contribution in [0.15, 0.2) is 109 Å². The average Bonchev–Trinajstić information content (AvgIpc) is 3.20. The van der Waals surface area contributed by atoms with Crippen molar-refractivity contribution >= 4 is 133 Å². The van der Waals surface area contributed by atoms with Gasteiger partial charge in [0.25, 0.3) is 0 Å². The maximum Gasteiger partial charge on any atom is -0.00240 e. The van der Waals surface area contributed by atoms with E-state index in [0.717, 1.165) is 65.2 Å². The summed E-state index contributed by atoms with van der Waals surface area (Å²) in [5.41, 5.74) is 2.99. The number of benzene rings is 8. The molecular weight excluding hydrogens is 976 g/mol.